The molecule has 32 heavy (non-hydrogen) atoms. The maximum atomic E-state index is 13.2. The Morgan fingerprint density at radius 3 is 2.53 bits per heavy atom. The number of aliphatic hydroxyl groups excluding tert-OH is 1. The van der Waals surface area contributed by atoms with Crippen LogP contribution >= 0.6 is 0 Å². The number of β-amino-alcohol motifs (C(OH)–C–C–N with tert-alkyl or cyclic N) is 1. The number of benzene rings is 2. The van der Waals surface area contributed by atoms with Gasteiger partial charge in [-0.2, -0.15) is 0 Å². The summed E-state index contributed by atoms with van der Waals surface area (Å²) in [5.41, 5.74) is 2.29. The van der Waals surface area contributed by atoms with Gasteiger partial charge in [0.25, 0.3) is 5.91 Å². The number of pyridine rings is 1. The Balaban J connectivity index is 1.94. The van der Waals surface area contributed by atoms with Crippen LogP contribution in [-0.2, 0) is 23.0 Å². The van der Waals surface area contributed by atoms with Gasteiger partial charge in [0, 0.05) is 37.3 Å². The van der Waals surface area contributed by atoms with Crippen LogP contribution in [0.15, 0.2) is 36.5 Å². The molecule has 0 radical (unpaired) electrons. The van der Waals surface area contributed by atoms with Gasteiger partial charge in [-0.15, -0.1) is 0 Å². The van der Waals surface area contributed by atoms with E-state index in [1.54, 1.807) is 18.2 Å². The molecule has 0 spiro atoms. The zero-order valence-corrected chi connectivity index (χ0v) is 18.4. The van der Waals surface area contributed by atoms with Crippen LogP contribution in [0.1, 0.15) is 27.0 Å². The smallest absolute Gasteiger partial charge is 0.258 e. The Morgan fingerprint density at radius 2 is 1.91 bits per heavy atom. The topological polar surface area (TPSA) is 111 Å². The van der Waals surface area contributed by atoms with Crippen molar-refractivity contribution in [2.24, 2.45) is 0 Å². The predicted molar refractivity (Wildman–Crippen MR) is 118 cm³/mol. The van der Waals surface area contributed by atoms with Gasteiger partial charge in [0.1, 0.15) is 11.3 Å². The molecular formula is C22H22FN3O5S. The molecule has 0 unspecified atom stereocenters. The molecule has 3 aromatic rings. The molecule has 8 nitrogen and oxygen atoms in total. The summed E-state index contributed by atoms with van der Waals surface area (Å²) in [5.74, 6) is -1.16. The molecule has 0 aliphatic carbocycles. The van der Waals surface area contributed by atoms with E-state index in [-0.39, 0.29) is 48.0 Å². The Hall–Kier alpha value is -3.24. The SMILES string of the molecule is CN(c1c2c(c(O)c3ncc(Cc4ccc(F)cc4)cc13)C(=O)N(CCO)C2)S(C)(=O)=O. The van der Waals surface area contributed by atoms with Crippen molar-refractivity contribution in [3.05, 3.63) is 64.6 Å². The molecule has 2 heterocycles. The number of amides is 1. The number of phenols is 1. The minimum atomic E-state index is -3.70. The van der Waals surface area contributed by atoms with E-state index < -0.39 is 15.9 Å². The fourth-order valence-corrected chi connectivity index (χ4v) is 4.53. The molecule has 2 aromatic carbocycles. The van der Waals surface area contributed by atoms with Crippen LogP contribution in [0, 0.1) is 5.82 Å². The molecule has 1 amide bonds. The van der Waals surface area contributed by atoms with E-state index in [2.05, 4.69) is 4.98 Å². The standard InChI is InChI=1S/C22H22FN3O5S/c1-25(32(2,30)31)20-16-10-14(9-13-3-5-15(23)6-4-13)11-24-19(16)21(28)18-17(20)12-26(7-8-27)22(18)29/h3-6,10-11,27-28H,7-9,12H2,1-2H3. The van der Waals surface area contributed by atoms with Crippen molar-refractivity contribution >= 4 is 32.5 Å². The fraction of sp³-hybridized carbons (Fsp3) is 0.273. The Labute approximate surface area is 184 Å². The van der Waals surface area contributed by atoms with Crippen molar-refractivity contribution in [1.82, 2.24) is 9.88 Å². The van der Waals surface area contributed by atoms with Gasteiger partial charge in [-0.05, 0) is 35.7 Å². The van der Waals surface area contributed by atoms with Gasteiger partial charge in [-0.1, -0.05) is 12.1 Å². The third kappa shape index (κ3) is 3.76. The normalized spacial score (nSPS) is 13.6. The summed E-state index contributed by atoms with van der Waals surface area (Å²) >= 11 is 0. The number of hydrogen-bond acceptors (Lipinski definition) is 6. The molecule has 4 rings (SSSR count). The van der Waals surface area contributed by atoms with Crippen molar-refractivity contribution in [1.29, 1.82) is 0 Å². The minimum Gasteiger partial charge on any atom is -0.505 e. The summed E-state index contributed by atoms with van der Waals surface area (Å²) < 4.78 is 39.2. The number of anilines is 1. The number of sulfonamides is 1. The first-order chi connectivity index (χ1) is 15.1. The molecule has 0 atom stereocenters. The highest BCUT2D eigenvalue weighted by Gasteiger charge is 2.36. The number of carbonyl (C=O) groups excluding carboxylic acids is 1. The number of aliphatic hydroxyl groups is 1. The second-order valence-electron chi connectivity index (χ2n) is 7.77. The summed E-state index contributed by atoms with van der Waals surface area (Å²) in [4.78, 5) is 18.5. The number of aromatic nitrogens is 1. The first-order valence-corrected chi connectivity index (χ1v) is 11.7. The number of hydrogen-bond donors (Lipinski definition) is 2. The quantitative estimate of drug-likeness (QED) is 0.584. The lowest BCUT2D eigenvalue weighted by Gasteiger charge is -2.23. The van der Waals surface area contributed by atoms with Gasteiger partial charge in [0.2, 0.25) is 10.0 Å². The van der Waals surface area contributed by atoms with E-state index in [9.17, 15) is 27.8 Å². The highest BCUT2D eigenvalue weighted by molar-refractivity contribution is 7.92. The van der Waals surface area contributed by atoms with Crippen LogP contribution in [0.5, 0.6) is 5.75 Å². The summed E-state index contributed by atoms with van der Waals surface area (Å²) in [6, 6.07) is 7.73. The first kappa shape index (κ1) is 22.0. The Bertz CT molecular complexity index is 1330. The third-order valence-corrected chi connectivity index (χ3v) is 6.78. The van der Waals surface area contributed by atoms with Crippen molar-refractivity contribution in [2.75, 3.05) is 30.8 Å². The molecule has 0 fully saturated rings. The van der Waals surface area contributed by atoms with E-state index in [1.165, 1.54) is 30.3 Å². The average molecular weight is 459 g/mol. The number of fused-ring (bicyclic) bond motifs is 2. The second kappa shape index (κ2) is 8.03. The van der Waals surface area contributed by atoms with Crippen LogP contribution in [0.25, 0.3) is 10.9 Å². The van der Waals surface area contributed by atoms with Crippen LogP contribution < -0.4 is 4.31 Å². The Kier molecular flexibility index (Phi) is 5.51. The predicted octanol–water partition coefficient (Wildman–Crippen LogP) is 2.01. The number of phenolic OH excluding ortho intramolecular Hbond substituents is 1. The molecule has 1 aromatic heterocycles. The summed E-state index contributed by atoms with van der Waals surface area (Å²) in [5, 5.41) is 20.5. The van der Waals surface area contributed by atoms with Gasteiger partial charge in [-0.25, -0.2) is 12.8 Å². The van der Waals surface area contributed by atoms with E-state index in [0.29, 0.717) is 17.4 Å². The highest BCUT2D eigenvalue weighted by atomic mass is 32.2. The molecule has 0 saturated carbocycles. The molecule has 0 bridgehead atoms. The van der Waals surface area contributed by atoms with Crippen LogP contribution in [-0.4, -0.2) is 60.9 Å². The minimum absolute atomic E-state index is 0.00441. The van der Waals surface area contributed by atoms with E-state index in [4.69, 9.17) is 0 Å². The lowest BCUT2D eigenvalue weighted by atomic mass is 9.98. The van der Waals surface area contributed by atoms with Crippen molar-refractivity contribution in [3.63, 3.8) is 0 Å². The Morgan fingerprint density at radius 1 is 1.22 bits per heavy atom. The van der Waals surface area contributed by atoms with Gasteiger partial charge >= 0.3 is 0 Å². The molecule has 0 saturated heterocycles. The molecule has 1 aliphatic heterocycles. The van der Waals surface area contributed by atoms with Gasteiger partial charge in [-0.3, -0.25) is 14.1 Å². The maximum absolute atomic E-state index is 13.2. The molecule has 2 N–H and O–H groups in total. The van der Waals surface area contributed by atoms with Gasteiger partial charge < -0.3 is 15.1 Å². The molecular weight excluding hydrogens is 437 g/mol. The highest BCUT2D eigenvalue weighted by Crippen LogP contribution is 2.44. The second-order valence-corrected chi connectivity index (χ2v) is 9.79. The summed E-state index contributed by atoms with van der Waals surface area (Å²) in [6.07, 6.45) is 3.00. The van der Waals surface area contributed by atoms with Crippen LogP contribution in [0.3, 0.4) is 0 Å². The van der Waals surface area contributed by atoms with Gasteiger partial charge in [0.15, 0.2) is 5.75 Å². The van der Waals surface area contributed by atoms with E-state index in [0.717, 1.165) is 21.7 Å². The number of nitrogens with zero attached hydrogens (tertiary/aromatic N) is 3. The monoisotopic (exact) mass is 459 g/mol. The van der Waals surface area contributed by atoms with Crippen molar-refractivity contribution in [2.45, 2.75) is 13.0 Å². The molecule has 1 aliphatic rings. The van der Waals surface area contributed by atoms with Crippen molar-refractivity contribution < 1.29 is 27.8 Å². The van der Waals surface area contributed by atoms with Crippen LogP contribution in [0.2, 0.25) is 0 Å². The number of rotatable bonds is 6. The summed E-state index contributed by atoms with van der Waals surface area (Å²) in [7, 11) is -2.32. The zero-order chi connectivity index (χ0) is 23.2. The first-order valence-electron chi connectivity index (χ1n) is 9.86. The molecule has 168 valence electrons. The lowest BCUT2D eigenvalue weighted by Crippen LogP contribution is -2.27. The summed E-state index contributed by atoms with van der Waals surface area (Å²) in [6.45, 7) is -0.165. The third-order valence-electron chi connectivity index (χ3n) is 5.60. The van der Waals surface area contributed by atoms with Crippen LogP contribution in [0.4, 0.5) is 10.1 Å². The van der Waals surface area contributed by atoms with E-state index >= 15 is 0 Å². The molecule has 10 heteroatoms. The largest absolute Gasteiger partial charge is 0.505 e. The number of halogens is 1. The average Bonchev–Trinajstić information content (AvgIpc) is 3.05. The number of aromatic hydroxyl groups is 1. The van der Waals surface area contributed by atoms with Crippen molar-refractivity contribution in [3.8, 4) is 5.75 Å². The van der Waals surface area contributed by atoms with E-state index in [1.807, 2.05) is 0 Å². The lowest BCUT2D eigenvalue weighted by molar-refractivity contribution is 0.0744. The fourth-order valence-electron chi connectivity index (χ4n) is 3.99. The maximum Gasteiger partial charge on any atom is 0.258 e. The number of carbonyl (C=O) groups is 1. The van der Waals surface area contributed by atoms with Gasteiger partial charge in [0.05, 0.1) is 24.1 Å². The zero-order valence-electron chi connectivity index (χ0n) is 17.5.